The molecule has 7 heteroatoms. The van der Waals surface area contributed by atoms with Crippen LogP contribution in [0.3, 0.4) is 0 Å². The van der Waals surface area contributed by atoms with E-state index in [0.29, 0.717) is 0 Å². The Labute approximate surface area is 84.5 Å². The monoisotopic (exact) mass is 211 g/mol. The molecule has 0 atom stereocenters. The number of carboxylic acids is 1. The first-order chi connectivity index (χ1) is 6.99. The lowest BCUT2D eigenvalue weighted by atomic mass is 10.4. The largest absolute Gasteiger partial charge is 0.478 e. The molecule has 80 valence electrons. The van der Waals surface area contributed by atoms with Crippen molar-refractivity contribution in [2.45, 2.75) is 6.54 Å². The maximum atomic E-state index is 11.0. The van der Waals surface area contributed by atoms with Crippen LogP contribution in [0.25, 0.3) is 0 Å². The van der Waals surface area contributed by atoms with E-state index in [0.717, 1.165) is 0 Å². The molecule has 0 aliphatic heterocycles. The second kappa shape index (κ2) is 4.27. The van der Waals surface area contributed by atoms with E-state index in [-0.39, 0.29) is 12.1 Å². The quantitative estimate of drug-likeness (QED) is 0.618. The van der Waals surface area contributed by atoms with E-state index in [1.54, 1.807) is 0 Å². The van der Waals surface area contributed by atoms with Gasteiger partial charge in [-0.3, -0.25) is 10.1 Å². The van der Waals surface area contributed by atoms with Gasteiger partial charge in [-0.15, -0.1) is 0 Å². The molecule has 0 aliphatic rings. The lowest BCUT2D eigenvalue weighted by Crippen LogP contribution is -2.36. The van der Waals surface area contributed by atoms with Crippen LogP contribution >= 0.6 is 0 Å². The van der Waals surface area contributed by atoms with Gasteiger partial charge >= 0.3 is 12.0 Å². The molecular weight excluding hydrogens is 202 g/mol. The summed E-state index contributed by atoms with van der Waals surface area (Å²) in [7, 11) is 0. The normalized spacial score (nSPS) is 9.60. The SMILES string of the molecule is NC(=O)NC(=O)Cn1ccc(C(=O)O)c1. The number of nitrogens with one attached hydrogen (secondary N) is 1. The van der Waals surface area contributed by atoms with Crippen molar-refractivity contribution in [2.24, 2.45) is 5.73 Å². The number of hydrogen-bond acceptors (Lipinski definition) is 3. The van der Waals surface area contributed by atoms with Crippen LogP contribution in [0.15, 0.2) is 18.5 Å². The van der Waals surface area contributed by atoms with Gasteiger partial charge in [-0.2, -0.15) is 0 Å². The number of carboxylic acid groups (broad SMARTS) is 1. The number of aromatic nitrogens is 1. The van der Waals surface area contributed by atoms with Gasteiger partial charge in [0.15, 0.2) is 0 Å². The zero-order chi connectivity index (χ0) is 11.4. The summed E-state index contributed by atoms with van der Waals surface area (Å²) in [5.74, 6) is -1.68. The number of carbonyl (C=O) groups is 3. The van der Waals surface area contributed by atoms with Gasteiger partial charge in [0.05, 0.1) is 5.56 Å². The third kappa shape index (κ3) is 3.14. The maximum absolute atomic E-state index is 11.0. The van der Waals surface area contributed by atoms with E-state index in [2.05, 4.69) is 0 Å². The van der Waals surface area contributed by atoms with Crippen molar-refractivity contribution >= 4 is 17.9 Å². The molecule has 0 aromatic carbocycles. The highest BCUT2D eigenvalue weighted by atomic mass is 16.4. The number of urea groups is 1. The van der Waals surface area contributed by atoms with Gasteiger partial charge in [0.1, 0.15) is 6.54 Å². The van der Waals surface area contributed by atoms with Crippen LogP contribution < -0.4 is 11.1 Å². The minimum atomic E-state index is -1.08. The number of nitrogens with zero attached hydrogens (tertiary/aromatic N) is 1. The second-order valence-electron chi connectivity index (χ2n) is 2.79. The molecule has 1 rings (SSSR count). The number of hydrogen-bond donors (Lipinski definition) is 3. The lowest BCUT2D eigenvalue weighted by molar-refractivity contribution is -0.120. The summed E-state index contributed by atoms with van der Waals surface area (Å²) < 4.78 is 1.34. The van der Waals surface area contributed by atoms with Crippen LogP contribution in [0.2, 0.25) is 0 Å². The summed E-state index contributed by atoms with van der Waals surface area (Å²) in [6, 6.07) is 0.408. The summed E-state index contributed by atoms with van der Waals surface area (Å²) in [6.45, 7) is -0.157. The van der Waals surface area contributed by atoms with Gasteiger partial charge in [0.2, 0.25) is 5.91 Å². The number of imide groups is 1. The Morgan fingerprint density at radius 1 is 1.47 bits per heavy atom. The van der Waals surface area contributed by atoms with Crippen LogP contribution in [0, 0.1) is 0 Å². The molecular formula is C8H9N3O4. The summed E-state index contributed by atoms with van der Waals surface area (Å²) in [4.78, 5) is 31.8. The molecule has 0 fully saturated rings. The van der Waals surface area contributed by atoms with Crippen molar-refractivity contribution < 1.29 is 19.5 Å². The summed E-state index contributed by atoms with van der Waals surface area (Å²) in [5, 5.41) is 10.5. The summed E-state index contributed by atoms with van der Waals surface area (Å²) in [5.41, 5.74) is 4.80. The summed E-state index contributed by atoms with van der Waals surface area (Å²) >= 11 is 0. The van der Waals surface area contributed by atoms with E-state index in [9.17, 15) is 14.4 Å². The van der Waals surface area contributed by atoms with Gasteiger partial charge in [0.25, 0.3) is 0 Å². The number of amides is 3. The smallest absolute Gasteiger partial charge is 0.337 e. The van der Waals surface area contributed by atoms with E-state index in [4.69, 9.17) is 10.8 Å². The Hall–Kier alpha value is -2.31. The summed E-state index contributed by atoms with van der Waals surface area (Å²) in [6.07, 6.45) is 2.70. The first-order valence-electron chi connectivity index (χ1n) is 3.97. The highest BCUT2D eigenvalue weighted by Crippen LogP contribution is 2.00. The average molecular weight is 211 g/mol. The fraction of sp³-hybridized carbons (Fsp3) is 0.125. The Bertz CT molecular complexity index is 410. The van der Waals surface area contributed by atoms with Crippen molar-refractivity contribution in [3.63, 3.8) is 0 Å². The second-order valence-corrected chi connectivity index (χ2v) is 2.79. The molecule has 1 aromatic rings. The molecule has 0 radical (unpaired) electrons. The van der Waals surface area contributed by atoms with Gasteiger partial charge in [-0.05, 0) is 6.07 Å². The number of primary amides is 1. The molecule has 0 spiro atoms. The third-order valence-corrected chi connectivity index (χ3v) is 1.59. The molecule has 1 aromatic heterocycles. The topological polar surface area (TPSA) is 114 Å². The van der Waals surface area contributed by atoms with Crippen molar-refractivity contribution in [1.29, 1.82) is 0 Å². The number of rotatable bonds is 3. The Morgan fingerprint density at radius 2 is 2.13 bits per heavy atom. The Morgan fingerprint density at radius 3 is 2.60 bits per heavy atom. The van der Waals surface area contributed by atoms with Crippen LogP contribution in [-0.4, -0.2) is 27.6 Å². The zero-order valence-electron chi connectivity index (χ0n) is 7.64. The van der Waals surface area contributed by atoms with E-state index in [1.807, 2.05) is 5.32 Å². The van der Waals surface area contributed by atoms with Gasteiger partial charge in [-0.1, -0.05) is 0 Å². The fourth-order valence-corrected chi connectivity index (χ4v) is 1.01. The molecule has 1 heterocycles. The van der Waals surface area contributed by atoms with E-state index in [1.165, 1.54) is 23.0 Å². The predicted molar refractivity (Wildman–Crippen MR) is 49.1 cm³/mol. The standard InChI is InChI=1S/C8H9N3O4/c9-8(15)10-6(12)4-11-2-1-5(3-11)7(13)14/h1-3H,4H2,(H,13,14)(H3,9,10,12,15). The van der Waals surface area contributed by atoms with Gasteiger partial charge in [0, 0.05) is 12.4 Å². The first kappa shape index (κ1) is 10.8. The molecule has 7 nitrogen and oxygen atoms in total. The maximum Gasteiger partial charge on any atom is 0.337 e. The Balaban J connectivity index is 2.61. The third-order valence-electron chi connectivity index (χ3n) is 1.59. The van der Waals surface area contributed by atoms with E-state index < -0.39 is 17.9 Å². The van der Waals surface area contributed by atoms with Crippen LogP contribution in [0.1, 0.15) is 10.4 Å². The zero-order valence-corrected chi connectivity index (χ0v) is 7.64. The molecule has 15 heavy (non-hydrogen) atoms. The van der Waals surface area contributed by atoms with Crippen LogP contribution in [0.5, 0.6) is 0 Å². The number of carbonyl (C=O) groups excluding carboxylic acids is 2. The molecule has 4 N–H and O–H groups in total. The molecule has 0 saturated heterocycles. The van der Waals surface area contributed by atoms with Crippen LogP contribution in [0.4, 0.5) is 4.79 Å². The number of nitrogens with two attached hydrogens (primary N) is 1. The number of aromatic carboxylic acids is 1. The van der Waals surface area contributed by atoms with Crippen molar-refractivity contribution in [2.75, 3.05) is 0 Å². The molecule has 0 bridgehead atoms. The fourth-order valence-electron chi connectivity index (χ4n) is 1.01. The minimum absolute atomic E-state index is 0.0712. The van der Waals surface area contributed by atoms with Crippen LogP contribution in [-0.2, 0) is 11.3 Å². The molecule has 0 saturated carbocycles. The predicted octanol–water partition coefficient (Wildman–Crippen LogP) is -0.619. The molecule has 3 amide bonds. The van der Waals surface area contributed by atoms with Crippen molar-refractivity contribution in [3.8, 4) is 0 Å². The van der Waals surface area contributed by atoms with Crippen molar-refractivity contribution in [1.82, 2.24) is 9.88 Å². The highest BCUT2D eigenvalue weighted by molar-refractivity contribution is 5.93. The molecule has 0 aliphatic carbocycles. The Kier molecular flexibility index (Phi) is 3.06. The lowest BCUT2D eigenvalue weighted by Gasteiger charge is -2.01. The van der Waals surface area contributed by atoms with Gasteiger partial charge < -0.3 is 15.4 Å². The van der Waals surface area contributed by atoms with Crippen molar-refractivity contribution in [3.05, 3.63) is 24.0 Å². The average Bonchev–Trinajstić information content (AvgIpc) is 2.50. The van der Waals surface area contributed by atoms with E-state index >= 15 is 0 Å². The highest BCUT2D eigenvalue weighted by Gasteiger charge is 2.08. The minimum Gasteiger partial charge on any atom is -0.478 e. The first-order valence-corrected chi connectivity index (χ1v) is 3.97. The van der Waals surface area contributed by atoms with Gasteiger partial charge in [-0.25, -0.2) is 9.59 Å². The molecule has 0 unspecified atom stereocenters.